The van der Waals surface area contributed by atoms with Crippen molar-refractivity contribution in [3.05, 3.63) is 64.6 Å². The maximum Gasteiger partial charge on any atom is 0.0486 e. The van der Waals surface area contributed by atoms with Crippen LogP contribution in [0.25, 0.3) is 10.9 Å². The number of pyridine rings is 1. The van der Waals surface area contributed by atoms with Gasteiger partial charge in [-0.3, -0.25) is 4.98 Å². The second-order valence-corrected chi connectivity index (χ2v) is 5.88. The number of benzene rings is 1. The number of aryl methyl sites for hydroxylation is 4. The second kappa shape index (κ2) is 6.06. The van der Waals surface area contributed by atoms with Crippen LogP contribution in [0.2, 0.25) is 0 Å². The van der Waals surface area contributed by atoms with Gasteiger partial charge in [-0.2, -0.15) is 0 Å². The molecule has 3 heterocycles. The number of fused-ring (bicyclic) bond motifs is 3. The summed E-state index contributed by atoms with van der Waals surface area (Å²) in [5.41, 5.74) is 1.15. The van der Waals surface area contributed by atoms with E-state index in [1.807, 2.05) is 0 Å². The Balaban J connectivity index is 2.07. The minimum Gasteiger partial charge on any atom is -0.344 e. The smallest absolute Gasteiger partial charge is 0.0486 e. The summed E-state index contributed by atoms with van der Waals surface area (Å²) in [6.45, 7) is -6.47. The predicted molar refractivity (Wildman–Crippen MR) is 99.4 cm³/mol. The first-order valence-corrected chi connectivity index (χ1v) is 7.71. The Bertz CT molecular complexity index is 1290. The Morgan fingerprint density at radius 1 is 1.29 bits per heavy atom. The number of likely N-dealkylation sites (N-methyl/N-ethyl adjacent to an activating group) is 1. The molecule has 3 aromatic rings. The first-order valence-electron chi connectivity index (χ1n) is 13.2. The highest BCUT2D eigenvalue weighted by Crippen LogP contribution is 2.31. The van der Waals surface area contributed by atoms with Gasteiger partial charge in [0.2, 0.25) is 0 Å². The highest BCUT2D eigenvalue weighted by Gasteiger charge is 2.22. The molecule has 0 saturated carbocycles. The van der Waals surface area contributed by atoms with Gasteiger partial charge < -0.3 is 9.47 Å². The Labute approximate surface area is 159 Å². The van der Waals surface area contributed by atoms with Crippen LogP contribution in [0, 0.1) is 13.8 Å². The molecule has 0 unspecified atom stereocenters. The molecule has 4 rings (SSSR count). The van der Waals surface area contributed by atoms with E-state index < -0.39 is 45.0 Å². The van der Waals surface area contributed by atoms with Gasteiger partial charge in [0, 0.05) is 69.5 Å². The third-order valence-electron chi connectivity index (χ3n) is 4.08. The van der Waals surface area contributed by atoms with Gasteiger partial charge >= 0.3 is 0 Å². The zero-order valence-corrected chi connectivity index (χ0v) is 13.5. The van der Waals surface area contributed by atoms with Crippen LogP contribution in [-0.2, 0) is 25.8 Å². The SMILES string of the molecule is [2H]C([2H])(Cn1c2c(c3cc(C)ccc31)C([2H])([2H])N(C([2H])([2H])[2H])C([2H])([2H])C2([2H])[2H])c1ccc(C)nc1. The van der Waals surface area contributed by atoms with E-state index in [2.05, 4.69) is 4.98 Å². The van der Waals surface area contributed by atoms with Crippen LogP contribution in [0.3, 0.4) is 0 Å². The fourth-order valence-electron chi connectivity index (χ4n) is 2.87. The summed E-state index contributed by atoms with van der Waals surface area (Å²) < 4.78 is 94.0. The molecular formula is C21H25N3. The van der Waals surface area contributed by atoms with Crippen LogP contribution in [0.1, 0.15) is 43.2 Å². The van der Waals surface area contributed by atoms with Crippen LogP contribution in [0.5, 0.6) is 0 Å². The normalized spacial score (nSPS) is 29.2. The third-order valence-corrected chi connectivity index (χ3v) is 4.08. The molecule has 124 valence electrons. The number of hydrogen-bond acceptors (Lipinski definition) is 2. The quantitative estimate of drug-likeness (QED) is 0.726. The van der Waals surface area contributed by atoms with Gasteiger partial charge in [-0.1, -0.05) is 17.7 Å². The lowest BCUT2D eigenvalue weighted by molar-refractivity contribution is 0.309. The van der Waals surface area contributed by atoms with Crippen LogP contribution in [0.4, 0.5) is 0 Å². The van der Waals surface area contributed by atoms with Crippen molar-refractivity contribution in [2.24, 2.45) is 0 Å². The summed E-state index contributed by atoms with van der Waals surface area (Å²) in [4.78, 5) is 4.11. The highest BCUT2D eigenvalue weighted by atomic mass is 15.1. The van der Waals surface area contributed by atoms with E-state index in [0.717, 1.165) is 0 Å². The molecule has 0 amide bonds. The number of rotatable bonds is 3. The molecule has 3 nitrogen and oxygen atoms in total. The van der Waals surface area contributed by atoms with E-state index in [1.54, 1.807) is 44.2 Å². The molecule has 0 saturated heterocycles. The largest absolute Gasteiger partial charge is 0.344 e. The van der Waals surface area contributed by atoms with E-state index in [-0.39, 0.29) is 26.9 Å². The lowest BCUT2D eigenvalue weighted by Gasteiger charge is -2.24. The Kier molecular flexibility index (Phi) is 1.87. The number of hydrogen-bond donors (Lipinski definition) is 0. The van der Waals surface area contributed by atoms with E-state index in [0.29, 0.717) is 11.3 Å². The fraction of sp³-hybridized carbons (Fsp3) is 0.381. The summed E-state index contributed by atoms with van der Waals surface area (Å²) >= 11 is 0. The Morgan fingerprint density at radius 3 is 3.00 bits per heavy atom. The predicted octanol–water partition coefficient (Wildman–Crippen LogP) is 3.88. The average molecular weight is 331 g/mol. The van der Waals surface area contributed by atoms with Gasteiger partial charge in [0.25, 0.3) is 0 Å². The van der Waals surface area contributed by atoms with E-state index in [4.69, 9.17) is 15.1 Å². The monoisotopic (exact) mass is 330 g/mol. The van der Waals surface area contributed by atoms with Gasteiger partial charge in [-0.25, -0.2) is 0 Å². The summed E-state index contributed by atoms with van der Waals surface area (Å²) in [6, 6.07) is 8.08. The topological polar surface area (TPSA) is 21.1 Å². The molecule has 0 bridgehead atoms. The molecule has 1 aliphatic heterocycles. The van der Waals surface area contributed by atoms with Gasteiger partial charge in [-0.15, -0.1) is 0 Å². The van der Waals surface area contributed by atoms with Crippen LogP contribution in [0.15, 0.2) is 36.5 Å². The van der Waals surface area contributed by atoms with Crippen molar-refractivity contribution in [1.29, 1.82) is 0 Å². The van der Waals surface area contributed by atoms with Crippen molar-refractivity contribution < 1.29 is 15.1 Å². The molecule has 0 spiro atoms. The zero-order chi connectivity index (χ0) is 26.4. The molecule has 0 atom stereocenters. The summed E-state index contributed by atoms with van der Waals surface area (Å²) in [5, 5.41) is 0.205. The van der Waals surface area contributed by atoms with Crippen molar-refractivity contribution in [3.63, 3.8) is 0 Å². The van der Waals surface area contributed by atoms with Crippen LogP contribution in [-0.4, -0.2) is 27.9 Å². The van der Waals surface area contributed by atoms with Crippen LogP contribution < -0.4 is 0 Å². The molecule has 2 aromatic heterocycles. The molecule has 0 N–H and O–H groups in total. The molecule has 0 aliphatic carbocycles. The van der Waals surface area contributed by atoms with Gasteiger partial charge in [-0.05, 0) is 56.5 Å². The highest BCUT2D eigenvalue weighted by molar-refractivity contribution is 5.86. The van der Waals surface area contributed by atoms with E-state index in [9.17, 15) is 0 Å². The first-order chi connectivity index (χ1) is 15.8. The van der Waals surface area contributed by atoms with Crippen molar-refractivity contribution >= 4 is 10.9 Å². The molecule has 1 aliphatic rings. The second-order valence-electron chi connectivity index (χ2n) is 5.88. The summed E-state index contributed by atoms with van der Waals surface area (Å²) in [7, 11) is 0. The van der Waals surface area contributed by atoms with Gasteiger partial charge in [0.1, 0.15) is 0 Å². The fourth-order valence-corrected chi connectivity index (χ4v) is 2.87. The maximum atomic E-state index is 8.75. The minimum absolute atomic E-state index is 0.0278. The standard InChI is InChI=1S/C21H25N3/c1-15-4-7-20-18(12-15)19-14-23(3)10-9-21(19)24(20)11-8-17-6-5-16(2)22-13-17/h4-7,12-13H,8-11,14H2,1-3H3/i3D3,8D2,9D2,10D2,14D2. The molecule has 0 radical (unpaired) electrons. The van der Waals surface area contributed by atoms with Crippen LogP contribution >= 0.6 is 0 Å². The summed E-state index contributed by atoms with van der Waals surface area (Å²) in [5.74, 6) is 0. The Hall–Kier alpha value is -2.13. The molecule has 0 fully saturated rings. The maximum absolute atomic E-state index is 8.75. The van der Waals surface area contributed by atoms with E-state index in [1.165, 1.54) is 10.8 Å². The number of nitrogens with zero attached hydrogens (tertiary/aromatic N) is 3. The molecular weight excluding hydrogens is 294 g/mol. The Morgan fingerprint density at radius 2 is 2.21 bits per heavy atom. The average Bonchev–Trinajstić information content (AvgIpc) is 3.00. The van der Waals surface area contributed by atoms with Crippen molar-refractivity contribution in [2.45, 2.75) is 39.6 Å². The van der Waals surface area contributed by atoms with Gasteiger partial charge in [0.15, 0.2) is 0 Å². The number of aromatic nitrogens is 2. The van der Waals surface area contributed by atoms with Crippen molar-refractivity contribution in [3.8, 4) is 0 Å². The lowest BCUT2D eigenvalue weighted by atomic mass is 10.0. The van der Waals surface area contributed by atoms with Crippen molar-refractivity contribution in [1.82, 2.24) is 14.5 Å². The lowest BCUT2D eigenvalue weighted by Crippen LogP contribution is -2.27. The molecule has 24 heavy (non-hydrogen) atoms. The first kappa shape index (κ1) is 7.40. The third kappa shape index (κ3) is 2.73. The zero-order valence-electron chi connectivity index (χ0n) is 24.5. The molecule has 1 aromatic carbocycles. The van der Waals surface area contributed by atoms with E-state index >= 15 is 0 Å². The van der Waals surface area contributed by atoms with Crippen molar-refractivity contribution in [2.75, 3.05) is 13.5 Å². The van der Waals surface area contributed by atoms with Gasteiger partial charge in [0.05, 0.1) is 0 Å². The minimum atomic E-state index is -3.29. The summed E-state index contributed by atoms with van der Waals surface area (Å²) in [6.07, 6.45) is -3.71. The molecule has 3 heteroatoms.